The zero-order valence-electron chi connectivity index (χ0n) is 14.3. The van der Waals surface area contributed by atoms with Crippen LogP contribution < -0.4 is 10.6 Å². The quantitative estimate of drug-likeness (QED) is 0.787. The van der Waals surface area contributed by atoms with Gasteiger partial charge in [0.1, 0.15) is 0 Å². The molecule has 0 aromatic heterocycles. The fourth-order valence-electron chi connectivity index (χ4n) is 4.51. The molecular formula is C17H33Cl2N3O. The van der Waals surface area contributed by atoms with Crippen LogP contribution in [0.1, 0.15) is 58.3 Å². The van der Waals surface area contributed by atoms with Gasteiger partial charge in [-0.25, -0.2) is 0 Å². The van der Waals surface area contributed by atoms with Gasteiger partial charge >= 0.3 is 0 Å². The minimum Gasteiger partial charge on any atom is -0.353 e. The molecule has 0 aliphatic carbocycles. The summed E-state index contributed by atoms with van der Waals surface area (Å²) < 4.78 is 0. The maximum absolute atomic E-state index is 12.3. The van der Waals surface area contributed by atoms with E-state index in [2.05, 4.69) is 22.5 Å². The molecule has 0 aromatic rings. The first-order valence-electron chi connectivity index (χ1n) is 9.00. The molecule has 23 heavy (non-hydrogen) atoms. The van der Waals surface area contributed by atoms with Gasteiger partial charge in [0.05, 0.1) is 0 Å². The zero-order chi connectivity index (χ0) is 14.7. The molecule has 6 heteroatoms. The number of nitrogens with zero attached hydrogens (tertiary/aromatic N) is 1. The number of carbonyl (C=O) groups is 1. The van der Waals surface area contributed by atoms with Gasteiger partial charge in [-0.15, -0.1) is 24.8 Å². The number of fused-ring (bicyclic) bond motifs is 2. The molecule has 3 aliphatic rings. The molecule has 0 radical (unpaired) electrons. The predicted octanol–water partition coefficient (Wildman–Crippen LogP) is 2.74. The number of carbonyl (C=O) groups excluding carboxylic acids is 1. The molecule has 2 atom stereocenters. The summed E-state index contributed by atoms with van der Waals surface area (Å²) in [6, 6.07) is 1.81. The van der Waals surface area contributed by atoms with Crippen molar-refractivity contribution in [2.45, 2.75) is 76.4 Å². The lowest BCUT2D eigenvalue weighted by Gasteiger charge is -2.33. The Kier molecular flexibility index (Phi) is 9.20. The molecule has 0 aromatic carbocycles. The van der Waals surface area contributed by atoms with Gasteiger partial charge in [-0.1, -0.05) is 6.92 Å². The van der Waals surface area contributed by atoms with Gasteiger partial charge in [0.2, 0.25) is 5.91 Å². The maximum Gasteiger partial charge on any atom is 0.220 e. The van der Waals surface area contributed by atoms with Gasteiger partial charge in [-0.05, 0) is 57.4 Å². The summed E-state index contributed by atoms with van der Waals surface area (Å²) in [6.45, 7) is 5.74. The lowest BCUT2D eigenvalue weighted by molar-refractivity contribution is -0.123. The summed E-state index contributed by atoms with van der Waals surface area (Å²) in [6.07, 6.45) is 9.29. The Balaban J connectivity index is 0.00000132. The van der Waals surface area contributed by atoms with Crippen molar-refractivity contribution < 1.29 is 4.79 Å². The topological polar surface area (TPSA) is 44.4 Å². The molecule has 0 spiro atoms. The van der Waals surface area contributed by atoms with E-state index in [0.717, 1.165) is 32.4 Å². The summed E-state index contributed by atoms with van der Waals surface area (Å²) in [5.41, 5.74) is 0. The fourth-order valence-corrected chi connectivity index (χ4v) is 4.51. The van der Waals surface area contributed by atoms with Crippen LogP contribution in [0.3, 0.4) is 0 Å². The molecule has 3 fully saturated rings. The predicted molar refractivity (Wildman–Crippen MR) is 99.7 cm³/mol. The minimum absolute atomic E-state index is 0. The van der Waals surface area contributed by atoms with Gasteiger partial charge in [-0.3, -0.25) is 4.79 Å². The third-order valence-electron chi connectivity index (χ3n) is 5.54. The van der Waals surface area contributed by atoms with Gasteiger partial charge in [0, 0.05) is 37.6 Å². The van der Waals surface area contributed by atoms with E-state index in [9.17, 15) is 4.79 Å². The molecule has 2 bridgehead atoms. The molecular weight excluding hydrogens is 333 g/mol. The molecule has 1 amide bonds. The van der Waals surface area contributed by atoms with E-state index >= 15 is 0 Å². The highest BCUT2D eigenvalue weighted by atomic mass is 35.5. The second kappa shape index (κ2) is 10.1. The van der Waals surface area contributed by atoms with Crippen molar-refractivity contribution in [2.75, 3.05) is 19.6 Å². The fraction of sp³-hybridized carbons (Fsp3) is 0.941. The van der Waals surface area contributed by atoms with E-state index in [1.807, 2.05) is 0 Å². The van der Waals surface area contributed by atoms with Crippen molar-refractivity contribution >= 4 is 30.7 Å². The number of rotatable bonds is 5. The van der Waals surface area contributed by atoms with Crippen LogP contribution in [0.4, 0.5) is 0 Å². The Morgan fingerprint density at radius 3 is 2.26 bits per heavy atom. The Labute approximate surface area is 153 Å². The summed E-state index contributed by atoms with van der Waals surface area (Å²) >= 11 is 0. The zero-order valence-corrected chi connectivity index (χ0v) is 15.9. The number of likely N-dealkylation sites (tertiary alicyclic amines) is 1. The average Bonchev–Trinajstić information content (AvgIpc) is 2.80. The lowest BCUT2D eigenvalue weighted by atomic mass is 9.89. The first-order valence-corrected chi connectivity index (χ1v) is 9.00. The van der Waals surface area contributed by atoms with E-state index in [1.54, 1.807) is 0 Å². The monoisotopic (exact) mass is 365 g/mol. The minimum atomic E-state index is 0. The van der Waals surface area contributed by atoms with Crippen LogP contribution in [0.2, 0.25) is 0 Å². The Morgan fingerprint density at radius 1 is 1.09 bits per heavy atom. The van der Waals surface area contributed by atoms with Crippen LogP contribution in [-0.2, 0) is 4.79 Å². The van der Waals surface area contributed by atoms with Crippen molar-refractivity contribution in [3.63, 3.8) is 0 Å². The molecule has 3 heterocycles. The van der Waals surface area contributed by atoms with Crippen molar-refractivity contribution in [1.82, 2.24) is 15.5 Å². The van der Waals surface area contributed by atoms with Gasteiger partial charge in [0.25, 0.3) is 0 Å². The van der Waals surface area contributed by atoms with Crippen LogP contribution in [0, 0.1) is 5.92 Å². The van der Waals surface area contributed by atoms with Crippen molar-refractivity contribution in [2.24, 2.45) is 5.92 Å². The summed E-state index contributed by atoms with van der Waals surface area (Å²) in [7, 11) is 0. The van der Waals surface area contributed by atoms with Crippen LogP contribution in [-0.4, -0.2) is 48.6 Å². The number of hydrogen-bond donors (Lipinski definition) is 2. The molecule has 136 valence electrons. The van der Waals surface area contributed by atoms with Crippen molar-refractivity contribution in [3.05, 3.63) is 0 Å². The molecule has 0 saturated carbocycles. The van der Waals surface area contributed by atoms with Gasteiger partial charge in [0.15, 0.2) is 0 Å². The molecule has 2 N–H and O–H groups in total. The van der Waals surface area contributed by atoms with Crippen LogP contribution in [0.15, 0.2) is 0 Å². The SMILES string of the molecule is CCCN1CCC(NC(=O)CC2CC3CCC(C2)N3)CC1.Cl.Cl. The standard InChI is InChI=1S/C17H31N3O.2ClH/c1-2-7-20-8-5-14(6-9-20)19-17(21)12-13-10-15-3-4-16(11-13)18-15;;/h13-16,18H,2-12H2,1H3,(H,19,21);2*1H. The Morgan fingerprint density at radius 2 is 1.70 bits per heavy atom. The van der Waals surface area contributed by atoms with Crippen LogP contribution >= 0.6 is 24.8 Å². The molecule has 3 rings (SSSR count). The molecule has 3 aliphatic heterocycles. The van der Waals surface area contributed by atoms with E-state index in [4.69, 9.17) is 0 Å². The van der Waals surface area contributed by atoms with E-state index in [1.165, 1.54) is 38.6 Å². The van der Waals surface area contributed by atoms with Crippen molar-refractivity contribution in [1.29, 1.82) is 0 Å². The first kappa shape index (κ1) is 21.0. The normalized spacial score (nSPS) is 31.1. The largest absolute Gasteiger partial charge is 0.353 e. The second-order valence-electron chi connectivity index (χ2n) is 7.36. The number of piperidine rings is 2. The number of hydrogen-bond acceptors (Lipinski definition) is 3. The molecule has 4 nitrogen and oxygen atoms in total. The lowest BCUT2D eigenvalue weighted by Crippen LogP contribution is -2.46. The van der Waals surface area contributed by atoms with Crippen molar-refractivity contribution in [3.8, 4) is 0 Å². The Bertz CT molecular complexity index is 350. The van der Waals surface area contributed by atoms with E-state index in [0.29, 0.717) is 30.0 Å². The molecule has 2 unspecified atom stereocenters. The number of amides is 1. The smallest absolute Gasteiger partial charge is 0.220 e. The Hall–Kier alpha value is -0.0300. The van der Waals surface area contributed by atoms with E-state index in [-0.39, 0.29) is 24.8 Å². The highest BCUT2D eigenvalue weighted by molar-refractivity contribution is 5.85. The summed E-state index contributed by atoms with van der Waals surface area (Å²) in [5, 5.41) is 6.95. The van der Waals surface area contributed by atoms with Crippen LogP contribution in [0.25, 0.3) is 0 Å². The number of halogens is 2. The third-order valence-corrected chi connectivity index (χ3v) is 5.54. The van der Waals surface area contributed by atoms with Gasteiger partial charge < -0.3 is 15.5 Å². The highest BCUT2D eigenvalue weighted by Gasteiger charge is 2.34. The van der Waals surface area contributed by atoms with E-state index < -0.39 is 0 Å². The summed E-state index contributed by atoms with van der Waals surface area (Å²) in [5.74, 6) is 0.916. The number of nitrogens with one attached hydrogen (secondary N) is 2. The van der Waals surface area contributed by atoms with Gasteiger partial charge in [-0.2, -0.15) is 0 Å². The second-order valence-corrected chi connectivity index (χ2v) is 7.36. The third kappa shape index (κ3) is 6.08. The first-order chi connectivity index (χ1) is 10.2. The molecule has 3 saturated heterocycles. The van der Waals surface area contributed by atoms with Crippen LogP contribution in [0.5, 0.6) is 0 Å². The highest BCUT2D eigenvalue weighted by Crippen LogP contribution is 2.32. The summed E-state index contributed by atoms with van der Waals surface area (Å²) in [4.78, 5) is 14.8. The average molecular weight is 366 g/mol. The maximum atomic E-state index is 12.3.